The molecule has 2 unspecified atom stereocenters. The summed E-state index contributed by atoms with van der Waals surface area (Å²) < 4.78 is 45.3. The molecular weight excluding hydrogens is 412 g/mol. The van der Waals surface area contributed by atoms with Gasteiger partial charge in [-0.15, -0.1) is 0 Å². The third kappa shape index (κ3) is 6.99. The summed E-state index contributed by atoms with van der Waals surface area (Å²) in [6, 6.07) is 7.42. The number of benzene rings is 1. The van der Waals surface area contributed by atoms with Crippen LogP contribution >= 0.6 is 0 Å². The zero-order valence-corrected chi connectivity index (χ0v) is 17.7. The Balaban J connectivity index is 1.61. The first-order valence-corrected chi connectivity index (χ1v) is 10.4. The molecule has 2 aliphatic rings. The van der Waals surface area contributed by atoms with Gasteiger partial charge in [0.25, 0.3) is 0 Å². The zero-order chi connectivity index (χ0) is 21.9. The van der Waals surface area contributed by atoms with Crippen LogP contribution in [0.25, 0.3) is 0 Å². The molecule has 2 N–H and O–H groups in total. The fourth-order valence-electron chi connectivity index (χ4n) is 3.40. The highest BCUT2D eigenvalue weighted by Crippen LogP contribution is 2.27. The highest BCUT2D eigenvalue weighted by atomic mass is 16.7. The van der Waals surface area contributed by atoms with Gasteiger partial charge in [-0.05, 0) is 12.1 Å². The van der Waals surface area contributed by atoms with E-state index in [1.807, 2.05) is 24.3 Å². The van der Waals surface area contributed by atoms with Gasteiger partial charge in [0.15, 0.2) is 17.8 Å². The van der Waals surface area contributed by atoms with Gasteiger partial charge in [0.05, 0.1) is 46.2 Å². The molecule has 0 radical (unpaired) electrons. The predicted molar refractivity (Wildman–Crippen MR) is 107 cm³/mol. The van der Waals surface area contributed by atoms with E-state index < -0.39 is 30.7 Å². The quantitative estimate of drug-likeness (QED) is 0.645. The molecule has 10 nitrogen and oxygen atoms in total. The lowest BCUT2D eigenvalue weighted by Gasteiger charge is -2.43. The van der Waals surface area contributed by atoms with Crippen LogP contribution in [0.5, 0.6) is 11.5 Å². The van der Waals surface area contributed by atoms with E-state index in [0.717, 1.165) is 0 Å². The van der Waals surface area contributed by atoms with Gasteiger partial charge < -0.3 is 48.1 Å². The molecule has 0 aromatic heterocycles. The predicted octanol–water partition coefficient (Wildman–Crippen LogP) is -0.0141. The molecule has 1 saturated heterocycles. The first kappa shape index (κ1) is 24.1. The third-order valence-corrected chi connectivity index (χ3v) is 4.93. The molecule has 176 valence electrons. The monoisotopic (exact) mass is 444 g/mol. The van der Waals surface area contributed by atoms with Crippen molar-refractivity contribution >= 4 is 0 Å². The lowest BCUT2D eigenvalue weighted by atomic mass is 9.98. The smallest absolute Gasteiger partial charge is 0.186 e. The molecule has 31 heavy (non-hydrogen) atoms. The van der Waals surface area contributed by atoms with Gasteiger partial charge in [-0.2, -0.15) is 0 Å². The van der Waals surface area contributed by atoms with Crippen molar-refractivity contribution in [3.05, 3.63) is 24.3 Å². The van der Waals surface area contributed by atoms with Gasteiger partial charge in [-0.25, -0.2) is 0 Å². The second-order valence-electron chi connectivity index (χ2n) is 6.99. The van der Waals surface area contributed by atoms with Gasteiger partial charge in [-0.1, -0.05) is 12.1 Å². The van der Waals surface area contributed by atoms with E-state index in [2.05, 4.69) is 0 Å². The van der Waals surface area contributed by atoms with Crippen LogP contribution in [0.15, 0.2) is 24.3 Å². The van der Waals surface area contributed by atoms with Crippen molar-refractivity contribution in [1.29, 1.82) is 0 Å². The summed E-state index contributed by atoms with van der Waals surface area (Å²) >= 11 is 0. The average Bonchev–Trinajstić information content (AvgIpc) is 2.79. The van der Waals surface area contributed by atoms with E-state index >= 15 is 0 Å². The summed E-state index contributed by atoms with van der Waals surface area (Å²) in [5.74, 6) is 1.28. The van der Waals surface area contributed by atoms with E-state index in [4.69, 9.17) is 37.9 Å². The van der Waals surface area contributed by atoms with E-state index in [1.54, 1.807) is 0 Å². The molecule has 0 spiro atoms. The summed E-state index contributed by atoms with van der Waals surface area (Å²) in [5, 5.41) is 20.1. The van der Waals surface area contributed by atoms with E-state index in [-0.39, 0.29) is 19.8 Å². The molecule has 2 heterocycles. The highest BCUT2D eigenvalue weighted by molar-refractivity contribution is 5.39. The maximum absolute atomic E-state index is 10.6. The van der Waals surface area contributed by atoms with Crippen LogP contribution in [-0.4, -0.2) is 107 Å². The summed E-state index contributed by atoms with van der Waals surface area (Å²) in [6.45, 7) is 2.11. The summed E-state index contributed by atoms with van der Waals surface area (Å²) in [4.78, 5) is 0. The Labute approximate surface area is 181 Å². The third-order valence-electron chi connectivity index (χ3n) is 4.93. The molecule has 3 rings (SSSR count). The minimum atomic E-state index is -1.08. The number of rotatable bonds is 2. The number of aliphatic hydroxyl groups excluding tert-OH is 2. The second kappa shape index (κ2) is 13.1. The maximum Gasteiger partial charge on any atom is 0.186 e. The standard InChI is InChI=1S/C21H32O10/c1-24-21-20-19(18(23)17(14-22)31-21)29-12-8-25-6-10-27-15-4-2-3-5-16(15)28-11-7-26-9-13-30-20/h2-5,17-23H,6-14H2,1H3/t17-,18+,19?,20?,21-/m1/s1. The van der Waals surface area contributed by atoms with Crippen molar-refractivity contribution in [1.82, 2.24) is 0 Å². The molecule has 2 aliphatic heterocycles. The lowest BCUT2D eigenvalue weighted by molar-refractivity contribution is -0.312. The Morgan fingerprint density at radius 1 is 0.839 bits per heavy atom. The number of aliphatic hydroxyl groups is 2. The van der Waals surface area contributed by atoms with Crippen molar-refractivity contribution in [2.45, 2.75) is 30.7 Å². The highest BCUT2D eigenvalue weighted by Gasteiger charge is 2.46. The topological polar surface area (TPSA) is 114 Å². The summed E-state index contributed by atoms with van der Waals surface area (Å²) in [6.07, 6.45) is -4.18. The van der Waals surface area contributed by atoms with Crippen molar-refractivity contribution in [3.8, 4) is 11.5 Å². The molecule has 10 heteroatoms. The molecule has 0 aliphatic carbocycles. The van der Waals surface area contributed by atoms with Crippen LogP contribution in [0.3, 0.4) is 0 Å². The van der Waals surface area contributed by atoms with Crippen LogP contribution in [-0.2, 0) is 28.4 Å². The van der Waals surface area contributed by atoms with Crippen molar-refractivity contribution in [2.75, 3.05) is 66.6 Å². The fourth-order valence-corrected chi connectivity index (χ4v) is 3.40. The van der Waals surface area contributed by atoms with Crippen molar-refractivity contribution in [2.24, 2.45) is 0 Å². The Hall–Kier alpha value is -1.50. The SMILES string of the molecule is CO[C@@H]1O[C@H](CO)[C@H](O)C2OCCOCCOc3ccccc3OCCOCCOC21. The van der Waals surface area contributed by atoms with Crippen LogP contribution in [0.1, 0.15) is 0 Å². The molecule has 0 amide bonds. The molecular formula is C21H32O10. The summed E-state index contributed by atoms with van der Waals surface area (Å²) in [5.41, 5.74) is 0. The van der Waals surface area contributed by atoms with Crippen molar-refractivity contribution in [3.63, 3.8) is 0 Å². The average molecular weight is 444 g/mol. The van der Waals surface area contributed by atoms with Crippen LogP contribution < -0.4 is 9.47 Å². The number of hydrogen-bond donors (Lipinski definition) is 2. The second-order valence-corrected chi connectivity index (χ2v) is 6.99. The Kier molecular flexibility index (Phi) is 10.2. The van der Waals surface area contributed by atoms with Crippen LogP contribution in [0.2, 0.25) is 0 Å². The Morgan fingerprint density at radius 2 is 1.39 bits per heavy atom. The molecule has 1 fully saturated rings. The largest absolute Gasteiger partial charge is 0.487 e. The van der Waals surface area contributed by atoms with Crippen LogP contribution in [0.4, 0.5) is 0 Å². The summed E-state index contributed by atoms with van der Waals surface area (Å²) in [7, 11) is 1.47. The molecule has 1 aromatic rings. The van der Waals surface area contributed by atoms with E-state index in [9.17, 15) is 10.2 Å². The van der Waals surface area contributed by atoms with Gasteiger partial charge >= 0.3 is 0 Å². The van der Waals surface area contributed by atoms with Gasteiger partial charge in [0.2, 0.25) is 0 Å². The molecule has 5 atom stereocenters. The zero-order valence-electron chi connectivity index (χ0n) is 17.7. The first-order chi connectivity index (χ1) is 15.2. The molecule has 1 aromatic carbocycles. The minimum absolute atomic E-state index is 0.215. The normalized spacial score (nSPS) is 31.8. The number of para-hydroxylation sites is 2. The van der Waals surface area contributed by atoms with Gasteiger partial charge in [0.1, 0.15) is 37.6 Å². The Bertz CT molecular complexity index is 630. The first-order valence-electron chi connectivity index (χ1n) is 10.4. The minimum Gasteiger partial charge on any atom is -0.487 e. The number of hydrogen-bond acceptors (Lipinski definition) is 10. The van der Waals surface area contributed by atoms with E-state index in [0.29, 0.717) is 51.1 Å². The Morgan fingerprint density at radius 3 is 1.94 bits per heavy atom. The number of fused-ring (bicyclic) bond motifs is 2. The van der Waals surface area contributed by atoms with Gasteiger partial charge in [-0.3, -0.25) is 0 Å². The molecule has 0 bridgehead atoms. The van der Waals surface area contributed by atoms with Crippen LogP contribution in [0, 0.1) is 0 Å². The molecule has 0 saturated carbocycles. The maximum atomic E-state index is 10.6. The van der Waals surface area contributed by atoms with Gasteiger partial charge in [0, 0.05) is 7.11 Å². The number of ether oxygens (including phenoxy) is 8. The van der Waals surface area contributed by atoms with Crippen molar-refractivity contribution < 1.29 is 48.1 Å². The number of methoxy groups -OCH3 is 1. The lowest BCUT2D eigenvalue weighted by Crippen LogP contribution is -2.61. The fraction of sp³-hybridized carbons (Fsp3) is 0.714. The van der Waals surface area contributed by atoms with E-state index in [1.165, 1.54) is 7.11 Å².